The first-order valence-corrected chi connectivity index (χ1v) is 7.99. The van der Waals surface area contributed by atoms with Gasteiger partial charge in [-0.2, -0.15) is 0 Å². The third-order valence-corrected chi connectivity index (χ3v) is 4.30. The second-order valence-electron chi connectivity index (χ2n) is 5.41. The van der Waals surface area contributed by atoms with Crippen LogP contribution in [0.4, 0.5) is 0 Å². The number of aromatic nitrogens is 3. The third kappa shape index (κ3) is 3.70. The van der Waals surface area contributed by atoms with Crippen LogP contribution in [0.5, 0.6) is 0 Å². The van der Waals surface area contributed by atoms with E-state index in [0.29, 0.717) is 16.7 Å². The molecule has 0 saturated heterocycles. The van der Waals surface area contributed by atoms with Gasteiger partial charge in [0.1, 0.15) is 5.78 Å². The highest BCUT2D eigenvalue weighted by atomic mass is 79.9. The lowest BCUT2D eigenvalue weighted by atomic mass is 9.92. The van der Waals surface area contributed by atoms with E-state index in [9.17, 15) is 4.79 Å². The summed E-state index contributed by atoms with van der Waals surface area (Å²) in [7, 11) is 0. The molecule has 0 amide bonds. The number of Topliss-reactive ketones (excluding diaryl/α,β-unsaturated/α-hetero) is 1. The van der Waals surface area contributed by atoms with Crippen LogP contribution in [0.3, 0.4) is 0 Å². The van der Waals surface area contributed by atoms with Crippen molar-refractivity contribution in [3.8, 4) is 11.4 Å². The number of rotatable bonds is 4. The molecule has 0 fully saturated rings. The molecule has 1 aromatic heterocycles. The van der Waals surface area contributed by atoms with Gasteiger partial charge in [-0.25, -0.2) is 4.98 Å². The molecule has 0 spiro atoms. The molecule has 20 heavy (non-hydrogen) atoms. The maximum atomic E-state index is 11.9. The van der Waals surface area contributed by atoms with Gasteiger partial charge in [-0.15, -0.1) is 5.10 Å². The van der Waals surface area contributed by atoms with Crippen molar-refractivity contribution in [2.24, 2.45) is 5.41 Å². The van der Waals surface area contributed by atoms with E-state index < -0.39 is 0 Å². The molecule has 0 bridgehead atoms. The maximum absolute atomic E-state index is 11.9. The molecule has 2 rings (SSSR count). The lowest BCUT2D eigenvalue weighted by Gasteiger charge is -2.15. The molecule has 0 aliphatic heterocycles. The molecule has 0 unspecified atom stereocenters. The van der Waals surface area contributed by atoms with Gasteiger partial charge in [-0.1, -0.05) is 66.7 Å². The minimum absolute atomic E-state index is 0.190. The van der Waals surface area contributed by atoms with Crippen molar-refractivity contribution in [1.82, 2.24) is 15.2 Å². The third-order valence-electron chi connectivity index (χ3n) is 2.76. The first kappa shape index (κ1) is 15.3. The fraction of sp³-hybridized carbons (Fsp3) is 0.357. The van der Waals surface area contributed by atoms with Crippen LogP contribution in [-0.4, -0.2) is 26.7 Å². The molecule has 6 heteroatoms. The van der Waals surface area contributed by atoms with Gasteiger partial charge >= 0.3 is 0 Å². The number of hydrogen-bond acceptors (Lipinski definition) is 4. The SMILES string of the molecule is CC(C)(C)C(=O)CSc1n[nH]c(-c2ccccc2Br)n1. The Morgan fingerprint density at radius 2 is 2.05 bits per heavy atom. The van der Waals surface area contributed by atoms with Crippen LogP contribution >= 0.6 is 27.7 Å². The van der Waals surface area contributed by atoms with E-state index in [1.165, 1.54) is 11.8 Å². The highest BCUT2D eigenvalue weighted by Gasteiger charge is 2.21. The summed E-state index contributed by atoms with van der Waals surface area (Å²) in [6, 6.07) is 7.80. The monoisotopic (exact) mass is 353 g/mol. The molecule has 0 saturated carbocycles. The predicted octanol–water partition coefficient (Wildman–Crippen LogP) is 3.94. The summed E-state index contributed by atoms with van der Waals surface area (Å²) in [6.07, 6.45) is 0. The van der Waals surface area contributed by atoms with Crippen molar-refractivity contribution >= 4 is 33.5 Å². The van der Waals surface area contributed by atoms with Gasteiger partial charge in [-0.05, 0) is 6.07 Å². The predicted molar refractivity (Wildman–Crippen MR) is 84.7 cm³/mol. The van der Waals surface area contributed by atoms with Gasteiger partial charge < -0.3 is 0 Å². The number of carbonyl (C=O) groups is 1. The number of H-pyrrole nitrogens is 1. The summed E-state index contributed by atoms with van der Waals surface area (Å²) < 4.78 is 0.957. The minimum Gasteiger partial charge on any atom is -0.298 e. The van der Waals surface area contributed by atoms with Crippen molar-refractivity contribution in [2.75, 3.05) is 5.75 Å². The zero-order chi connectivity index (χ0) is 14.8. The molecule has 1 aromatic carbocycles. The topological polar surface area (TPSA) is 58.6 Å². The van der Waals surface area contributed by atoms with Gasteiger partial charge in [-0.3, -0.25) is 9.89 Å². The number of carbonyl (C=O) groups excluding carboxylic acids is 1. The van der Waals surface area contributed by atoms with E-state index in [1.54, 1.807) is 0 Å². The molecule has 0 aliphatic carbocycles. The summed E-state index contributed by atoms with van der Waals surface area (Å²) in [4.78, 5) is 16.3. The molecule has 0 atom stereocenters. The van der Waals surface area contributed by atoms with Crippen LogP contribution in [0.15, 0.2) is 33.9 Å². The molecule has 4 nitrogen and oxygen atoms in total. The van der Waals surface area contributed by atoms with Gasteiger partial charge in [0.15, 0.2) is 5.82 Å². The number of benzene rings is 1. The largest absolute Gasteiger partial charge is 0.298 e. The number of nitrogens with zero attached hydrogens (tertiary/aromatic N) is 2. The summed E-state index contributed by atoms with van der Waals surface area (Å²) in [5.74, 6) is 1.27. The van der Waals surface area contributed by atoms with E-state index in [1.807, 2.05) is 45.0 Å². The first-order chi connectivity index (χ1) is 9.38. The van der Waals surface area contributed by atoms with Crippen LogP contribution in [-0.2, 0) is 4.79 Å². The van der Waals surface area contributed by atoms with Crippen molar-refractivity contribution in [3.05, 3.63) is 28.7 Å². The Bertz CT molecular complexity index is 619. The van der Waals surface area contributed by atoms with Crippen LogP contribution < -0.4 is 0 Å². The zero-order valence-electron chi connectivity index (χ0n) is 11.6. The summed E-state index contributed by atoms with van der Waals surface area (Å²) in [6.45, 7) is 5.75. The highest BCUT2D eigenvalue weighted by molar-refractivity contribution is 9.10. The summed E-state index contributed by atoms with van der Waals surface area (Å²) >= 11 is 4.84. The Hall–Kier alpha value is -1.14. The average molecular weight is 354 g/mol. The Morgan fingerprint density at radius 1 is 1.35 bits per heavy atom. The second-order valence-corrected chi connectivity index (χ2v) is 7.21. The minimum atomic E-state index is -0.325. The molecule has 106 valence electrons. The Morgan fingerprint density at radius 3 is 2.70 bits per heavy atom. The van der Waals surface area contributed by atoms with E-state index in [0.717, 1.165) is 10.0 Å². The maximum Gasteiger partial charge on any atom is 0.209 e. The van der Waals surface area contributed by atoms with Gasteiger partial charge in [0, 0.05) is 15.5 Å². The van der Waals surface area contributed by atoms with E-state index in [2.05, 4.69) is 31.1 Å². The quantitative estimate of drug-likeness (QED) is 0.845. The smallest absolute Gasteiger partial charge is 0.209 e. The first-order valence-electron chi connectivity index (χ1n) is 6.21. The standard InChI is InChI=1S/C14H16BrN3OS/c1-14(2,3)11(19)8-20-13-16-12(17-18-13)9-6-4-5-7-10(9)15/h4-7H,8H2,1-3H3,(H,16,17,18). The average Bonchev–Trinajstić information content (AvgIpc) is 2.84. The second kappa shape index (κ2) is 6.10. The lowest BCUT2D eigenvalue weighted by Crippen LogP contribution is -2.22. The lowest BCUT2D eigenvalue weighted by molar-refractivity contribution is -0.123. The van der Waals surface area contributed by atoms with E-state index in [-0.39, 0.29) is 11.2 Å². The molecule has 0 aliphatic rings. The van der Waals surface area contributed by atoms with Crippen LogP contribution in [0.2, 0.25) is 0 Å². The fourth-order valence-corrected chi connectivity index (χ4v) is 2.86. The van der Waals surface area contributed by atoms with Gasteiger partial charge in [0.25, 0.3) is 0 Å². The summed E-state index contributed by atoms with van der Waals surface area (Å²) in [5.41, 5.74) is 0.628. The Balaban J connectivity index is 2.07. The number of halogens is 1. The number of ketones is 1. The van der Waals surface area contributed by atoms with Gasteiger partial charge in [0.2, 0.25) is 5.16 Å². The Labute approximate surface area is 130 Å². The van der Waals surface area contributed by atoms with E-state index in [4.69, 9.17) is 0 Å². The molecule has 2 aromatic rings. The van der Waals surface area contributed by atoms with Crippen molar-refractivity contribution < 1.29 is 4.79 Å². The van der Waals surface area contributed by atoms with Crippen molar-refractivity contribution in [1.29, 1.82) is 0 Å². The highest BCUT2D eigenvalue weighted by Crippen LogP contribution is 2.27. The molecular weight excluding hydrogens is 338 g/mol. The van der Waals surface area contributed by atoms with Crippen LogP contribution in [0.1, 0.15) is 20.8 Å². The number of aromatic amines is 1. The molecule has 0 radical (unpaired) electrons. The van der Waals surface area contributed by atoms with Crippen LogP contribution in [0, 0.1) is 5.41 Å². The normalized spacial score (nSPS) is 11.6. The number of hydrogen-bond donors (Lipinski definition) is 1. The van der Waals surface area contributed by atoms with E-state index >= 15 is 0 Å². The van der Waals surface area contributed by atoms with Crippen LogP contribution in [0.25, 0.3) is 11.4 Å². The summed E-state index contributed by atoms with van der Waals surface area (Å²) in [5, 5.41) is 7.63. The van der Waals surface area contributed by atoms with Crippen molar-refractivity contribution in [3.63, 3.8) is 0 Å². The number of nitrogens with one attached hydrogen (secondary N) is 1. The molecule has 1 N–H and O–H groups in total. The van der Waals surface area contributed by atoms with Crippen molar-refractivity contribution in [2.45, 2.75) is 25.9 Å². The number of thioether (sulfide) groups is 1. The molecular formula is C14H16BrN3OS. The fourth-order valence-electron chi connectivity index (χ4n) is 1.43. The Kier molecular flexibility index (Phi) is 4.65. The zero-order valence-corrected chi connectivity index (χ0v) is 14.0. The molecule has 1 heterocycles. The van der Waals surface area contributed by atoms with Gasteiger partial charge in [0.05, 0.1) is 5.75 Å².